The molecule has 6 heteroatoms. The molecule has 0 spiro atoms. The first kappa shape index (κ1) is 16.5. The van der Waals surface area contributed by atoms with Gasteiger partial charge in [0.1, 0.15) is 6.04 Å². The first-order chi connectivity index (χ1) is 9.25. The van der Waals surface area contributed by atoms with Crippen LogP contribution < -0.4 is 5.32 Å². The summed E-state index contributed by atoms with van der Waals surface area (Å²) in [6, 6.07) is 3.99. The van der Waals surface area contributed by atoms with Crippen molar-refractivity contribution in [2.75, 3.05) is 0 Å². The van der Waals surface area contributed by atoms with E-state index in [1.54, 1.807) is 0 Å². The van der Waals surface area contributed by atoms with E-state index in [9.17, 15) is 18.0 Å². The van der Waals surface area contributed by atoms with Crippen molar-refractivity contribution < 1.29 is 23.1 Å². The van der Waals surface area contributed by atoms with Gasteiger partial charge in [-0.05, 0) is 23.6 Å². The van der Waals surface area contributed by atoms with Crippen LogP contribution in [0.25, 0.3) is 0 Å². The van der Waals surface area contributed by atoms with Crippen LogP contribution in [0.2, 0.25) is 0 Å². The van der Waals surface area contributed by atoms with Gasteiger partial charge in [-0.1, -0.05) is 32.4 Å². The van der Waals surface area contributed by atoms with Crippen molar-refractivity contribution in [1.82, 2.24) is 5.32 Å². The molecule has 1 rings (SSSR count). The number of benzene rings is 1. The Hall–Kier alpha value is -1.56. The fraction of sp³-hybridized carbons (Fsp3) is 0.500. The lowest BCUT2D eigenvalue weighted by atomic mass is 9.99. The number of carboxylic acids is 1. The topological polar surface area (TPSA) is 49.3 Å². The number of rotatable bonds is 6. The Bertz CT molecular complexity index is 443. The fourth-order valence-corrected chi connectivity index (χ4v) is 1.81. The summed E-state index contributed by atoms with van der Waals surface area (Å²) in [4.78, 5) is 11.1. The Morgan fingerprint density at radius 2 is 1.85 bits per heavy atom. The minimum Gasteiger partial charge on any atom is -0.480 e. The molecule has 0 aromatic heterocycles. The van der Waals surface area contributed by atoms with Crippen LogP contribution in [-0.4, -0.2) is 17.1 Å². The molecule has 0 fully saturated rings. The standard InChI is InChI=1S/C14H18F3NO2/c1-3-9(2)12(13(19)20)18-8-10-4-6-11(7-5-10)14(15,16)17/h4-7,9,12,18H,3,8H2,1-2H3,(H,19,20). The van der Waals surface area contributed by atoms with Crippen LogP contribution in [0.15, 0.2) is 24.3 Å². The zero-order valence-corrected chi connectivity index (χ0v) is 11.4. The molecule has 0 radical (unpaired) electrons. The van der Waals surface area contributed by atoms with E-state index in [1.807, 2.05) is 13.8 Å². The second kappa shape index (κ2) is 6.74. The van der Waals surface area contributed by atoms with Gasteiger partial charge in [0.15, 0.2) is 0 Å². The summed E-state index contributed by atoms with van der Waals surface area (Å²) in [5, 5.41) is 12.0. The normalized spacial score (nSPS) is 14.8. The Labute approximate surface area is 115 Å². The Kier molecular flexibility index (Phi) is 5.56. The first-order valence-corrected chi connectivity index (χ1v) is 6.38. The maximum absolute atomic E-state index is 12.4. The lowest BCUT2D eigenvalue weighted by molar-refractivity contribution is -0.141. The van der Waals surface area contributed by atoms with Gasteiger partial charge in [0, 0.05) is 6.54 Å². The lowest BCUT2D eigenvalue weighted by Crippen LogP contribution is -2.41. The van der Waals surface area contributed by atoms with Crippen molar-refractivity contribution in [3.05, 3.63) is 35.4 Å². The van der Waals surface area contributed by atoms with Crippen molar-refractivity contribution in [1.29, 1.82) is 0 Å². The highest BCUT2D eigenvalue weighted by Crippen LogP contribution is 2.29. The summed E-state index contributed by atoms with van der Waals surface area (Å²) in [5.41, 5.74) is -0.0921. The molecule has 0 bridgehead atoms. The quantitative estimate of drug-likeness (QED) is 0.845. The number of alkyl halides is 3. The van der Waals surface area contributed by atoms with E-state index in [4.69, 9.17) is 5.11 Å². The zero-order chi connectivity index (χ0) is 15.3. The van der Waals surface area contributed by atoms with Gasteiger partial charge in [-0.3, -0.25) is 4.79 Å². The van der Waals surface area contributed by atoms with E-state index in [-0.39, 0.29) is 12.5 Å². The van der Waals surface area contributed by atoms with E-state index in [1.165, 1.54) is 12.1 Å². The number of carbonyl (C=O) groups is 1. The largest absolute Gasteiger partial charge is 0.480 e. The third-order valence-corrected chi connectivity index (χ3v) is 3.29. The summed E-state index contributed by atoms with van der Waals surface area (Å²) in [6.45, 7) is 3.93. The maximum atomic E-state index is 12.4. The number of halogens is 3. The van der Waals surface area contributed by atoms with Gasteiger partial charge in [-0.2, -0.15) is 13.2 Å². The molecule has 0 saturated carbocycles. The average molecular weight is 289 g/mol. The number of nitrogens with one attached hydrogen (secondary N) is 1. The highest BCUT2D eigenvalue weighted by Gasteiger charge is 2.30. The molecule has 3 nitrogen and oxygen atoms in total. The monoisotopic (exact) mass is 289 g/mol. The molecule has 2 atom stereocenters. The molecule has 0 heterocycles. The maximum Gasteiger partial charge on any atom is 0.416 e. The highest BCUT2D eigenvalue weighted by molar-refractivity contribution is 5.73. The second-order valence-electron chi connectivity index (χ2n) is 4.78. The van der Waals surface area contributed by atoms with Crippen LogP contribution in [0.1, 0.15) is 31.4 Å². The van der Waals surface area contributed by atoms with Gasteiger partial charge in [-0.25, -0.2) is 0 Å². The SMILES string of the molecule is CCC(C)C(NCc1ccc(C(F)(F)F)cc1)C(=O)O. The van der Waals surface area contributed by atoms with E-state index in [0.717, 1.165) is 12.1 Å². The second-order valence-corrected chi connectivity index (χ2v) is 4.78. The molecule has 1 aromatic rings. The number of hydrogen-bond donors (Lipinski definition) is 2. The Balaban J connectivity index is 2.67. The number of hydrogen-bond acceptors (Lipinski definition) is 2. The van der Waals surface area contributed by atoms with Crippen LogP contribution in [0.5, 0.6) is 0 Å². The van der Waals surface area contributed by atoms with Crippen molar-refractivity contribution in [2.24, 2.45) is 5.92 Å². The molecule has 0 aliphatic carbocycles. The van der Waals surface area contributed by atoms with Crippen LogP contribution in [0, 0.1) is 5.92 Å². The molecular weight excluding hydrogens is 271 g/mol. The van der Waals surface area contributed by atoms with Crippen LogP contribution in [0.4, 0.5) is 13.2 Å². The predicted molar refractivity (Wildman–Crippen MR) is 69.2 cm³/mol. The summed E-state index contributed by atoms with van der Waals surface area (Å²) in [7, 11) is 0. The molecule has 0 saturated heterocycles. The predicted octanol–water partition coefficient (Wildman–Crippen LogP) is 3.29. The Morgan fingerprint density at radius 1 is 1.30 bits per heavy atom. The molecule has 0 aliphatic rings. The molecule has 0 aliphatic heterocycles. The third-order valence-electron chi connectivity index (χ3n) is 3.29. The van der Waals surface area contributed by atoms with Crippen molar-refractivity contribution >= 4 is 5.97 Å². The van der Waals surface area contributed by atoms with Gasteiger partial charge in [0.25, 0.3) is 0 Å². The molecule has 2 unspecified atom stereocenters. The fourth-order valence-electron chi connectivity index (χ4n) is 1.81. The minimum absolute atomic E-state index is 0.0538. The van der Waals surface area contributed by atoms with Crippen LogP contribution in [-0.2, 0) is 17.5 Å². The summed E-state index contributed by atoms with van der Waals surface area (Å²) in [5.74, 6) is -1.01. The van der Waals surface area contributed by atoms with Gasteiger partial charge < -0.3 is 10.4 Å². The number of aliphatic carboxylic acids is 1. The molecule has 112 valence electrons. The van der Waals surface area contributed by atoms with Gasteiger partial charge in [0.2, 0.25) is 0 Å². The molecular formula is C14H18F3NO2. The van der Waals surface area contributed by atoms with Crippen molar-refractivity contribution in [3.63, 3.8) is 0 Å². The van der Waals surface area contributed by atoms with E-state index >= 15 is 0 Å². The van der Waals surface area contributed by atoms with E-state index < -0.39 is 23.8 Å². The number of carboxylic acid groups (broad SMARTS) is 1. The highest BCUT2D eigenvalue weighted by atomic mass is 19.4. The summed E-state index contributed by atoms with van der Waals surface area (Å²) < 4.78 is 37.2. The summed E-state index contributed by atoms with van der Waals surface area (Å²) >= 11 is 0. The smallest absolute Gasteiger partial charge is 0.416 e. The molecule has 0 amide bonds. The zero-order valence-electron chi connectivity index (χ0n) is 11.4. The lowest BCUT2D eigenvalue weighted by Gasteiger charge is -2.20. The van der Waals surface area contributed by atoms with Crippen LogP contribution >= 0.6 is 0 Å². The van der Waals surface area contributed by atoms with Gasteiger partial charge in [0.05, 0.1) is 5.56 Å². The van der Waals surface area contributed by atoms with Crippen LogP contribution in [0.3, 0.4) is 0 Å². The molecule has 20 heavy (non-hydrogen) atoms. The third kappa shape index (κ3) is 4.52. The molecule has 2 N–H and O–H groups in total. The van der Waals surface area contributed by atoms with Crippen molar-refractivity contribution in [2.45, 2.75) is 39.0 Å². The van der Waals surface area contributed by atoms with Gasteiger partial charge >= 0.3 is 12.1 Å². The summed E-state index contributed by atoms with van der Waals surface area (Å²) in [6.07, 6.45) is -3.65. The Morgan fingerprint density at radius 3 is 2.25 bits per heavy atom. The minimum atomic E-state index is -4.35. The van der Waals surface area contributed by atoms with Gasteiger partial charge in [-0.15, -0.1) is 0 Å². The van der Waals surface area contributed by atoms with Crippen molar-refractivity contribution in [3.8, 4) is 0 Å². The molecule has 1 aromatic carbocycles. The average Bonchev–Trinajstić information content (AvgIpc) is 2.37. The first-order valence-electron chi connectivity index (χ1n) is 6.38. The van der Waals surface area contributed by atoms with E-state index in [2.05, 4.69) is 5.32 Å². The van der Waals surface area contributed by atoms with E-state index in [0.29, 0.717) is 12.0 Å².